The topological polar surface area (TPSA) is 0 Å². The van der Waals surface area contributed by atoms with Crippen LogP contribution < -0.4 is 0 Å². The van der Waals surface area contributed by atoms with Crippen LogP contribution in [0.25, 0.3) is 22.3 Å². The van der Waals surface area contributed by atoms with E-state index in [0.29, 0.717) is 5.92 Å². The Morgan fingerprint density at radius 3 is 2.25 bits per heavy atom. The molecular weight excluding hydrogens is 288 g/mol. The SMILES string of the molecule is Cc1cc2c(c(-c3ccc(C(C)C)cc3)c1C)Cc1ccccc1-2. The van der Waals surface area contributed by atoms with Crippen molar-refractivity contribution in [2.45, 2.75) is 40.0 Å². The van der Waals surface area contributed by atoms with E-state index in [2.05, 4.69) is 82.3 Å². The van der Waals surface area contributed by atoms with Crippen LogP contribution in [0.1, 0.15) is 47.6 Å². The van der Waals surface area contributed by atoms with Crippen molar-refractivity contribution in [1.29, 1.82) is 0 Å². The summed E-state index contributed by atoms with van der Waals surface area (Å²) in [4.78, 5) is 0. The first-order chi connectivity index (χ1) is 11.6. The number of rotatable bonds is 2. The molecule has 1 aliphatic rings. The van der Waals surface area contributed by atoms with Gasteiger partial charge in [0, 0.05) is 0 Å². The van der Waals surface area contributed by atoms with Gasteiger partial charge in [0.1, 0.15) is 0 Å². The Morgan fingerprint density at radius 1 is 0.833 bits per heavy atom. The molecule has 3 aromatic carbocycles. The molecule has 1 aliphatic carbocycles. The van der Waals surface area contributed by atoms with Crippen molar-refractivity contribution >= 4 is 0 Å². The average Bonchev–Trinajstić information content (AvgIpc) is 2.94. The number of aryl methyl sites for hydroxylation is 1. The molecule has 0 heteroatoms. The van der Waals surface area contributed by atoms with E-state index >= 15 is 0 Å². The van der Waals surface area contributed by atoms with Gasteiger partial charge in [0.05, 0.1) is 0 Å². The van der Waals surface area contributed by atoms with E-state index in [4.69, 9.17) is 0 Å². The van der Waals surface area contributed by atoms with Crippen LogP contribution in [-0.2, 0) is 6.42 Å². The minimum absolute atomic E-state index is 0.577. The van der Waals surface area contributed by atoms with E-state index in [1.165, 1.54) is 50.1 Å². The van der Waals surface area contributed by atoms with Gasteiger partial charge in [-0.3, -0.25) is 0 Å². The first-order valence-corrected chi connectivity index (χ1v) is 8.88. The molecule has 4 rings (SSSR count). The minimum Gasteiger partial charge on any atom is -0.0619 e. The highest BCUT2D eigenvalue weighted by atomic mass is 14.3. The van der Waals surface area contributed by atoms with Crippen LogP contribution in [0.3, 0.4) is 0 Å². The van der Waals surface area contributed by atoms with Gasteiger partial charge in [-0.1, -0.05) is 68.4 Å². The molecule has 24 heavy (non-hydrogen) atoms. The van der Waals surface area contributed by atoms with Crippen LogP contribution in [0.5, 0.6) is 0 Å². The van der Waals surface area contributed by atoms with Crippen molar-refractivity contribution in [3.05, 3.63) is 82.4 Å². The van der Waals surface area contributed by atoms with Gasteiger partial charge >= 0.3 is 0 Å². The van der Waals surface area contributed by atoms with Gasteiger partial charge in [-0.05, 0) is 76.3 Å². The quantitative estimate of drug-likeness (QED) is 0.388. The molecule has 0 bridgehead atoms. The lowest BCUT2D eigenvalue weighted by molar-refractivity contribution is 0.867. The van der Waals surface area contributed by atoms with E-state index < -0.39 is 0 Å². The van der Waals surface area contributed by atoms with E-state index in [1.807, 2.05) is 0 Å². The largest absolute Gasteiger partial charge is 0.0619 e. The average molecular weight is 312 g/mol. The van der Waals surface area contributed by atoms with Crippen molar-refractivity contribution in [2.75, 3.05) is 0 Å². The lowest BCUT2D eigenvalue weighted by Crippen LogP contribution is -1.96. The second kappa shape index (κ2) is 5.63. The Morgan fingerprint density at radius 2 is 1.54 bits per heavy atom. The Bertz CT molecular complexity index is 912. The Labute approximate surface area is 145 Å². The molecule has 0 nitrogen and oxygen atoms in total. The lowest BCUT2D eigenvalue weighted by Gasteiger charge is -2.16. The highest BCUT2D eigenvalue weighted by Crippen LogP contribution is 2.44. The molecular formula is C24H24. The van der Waals surface area contributed by atoms with E-state index in [1.54, 1.807) is 0 Å². The summed E-state index contributed by atoms with van der Waals surface area (Å²) in [6, 6.07) is 20.4. The summed E-state index contributed by atoms with van der Waals surface area (Å²) in [5.41, 5.74) is 12.8. The van der Waals surface area contributed by atoms with Gasteiger partial charge in [-0.2, -0.15) is 0 Å². The fraction of sp³-hybridized carbons (Fsp3) is 0.250. The van der Waals surface area contributed by atoms with Crippen molar-refractivity contribution in [1.82, 2.24) is 0 Å². The maximum atomic E-state index is 2.38. The molecule has 0 fully saturated rings. The Hall–Kier alpha value is -2.34. The highest BCUT2D eigenvalue weighted by Gasteiger charge is 2.23. The van der Waals surface area contributed by atoms with Crippen LogP contribution in [0, 0.1) is 13.8 Å². The standard InChI is InChI=1S/C24H24/c1-15(2)18-9-11-19(12-10-18)24-17(4)16(3)13-22-21-8-6-5-7-20(21)14-23(22)24/h5-13,15H,14H2,1-4H3. The van der Waals surface area contributed by atoms with Crippen LogP contribution in [0.15, 0.2) is 54.6 Å². The summed E-state index contributed by atoms with van der Waals surface area (Å²) < 4.78 is 0. The molecule has 0 atom stereocenters. The van der Waals surface area contributed by atoms with E-state index in [9.17, 15) is 0 Å². The summed E-state index contributed by atoms with van der Waals surface area (Å²) in [6.07, 6.45) is 1.05. The second-order valence-corrected chi connectivity index (χ2v) is 7.33. The molecule has 0 spiro atoms. The third kappa shape index (κ3) is 2.29. The molecule has 0 N–H and O–H groups in total. The number of hydrogen-bond donors (Lipinski definition) is 0. The fourth-order valence-electron chi connectivity index (χ4n) is 3.95. The van der Waals surface area contributed by atoms with Gasteiger partial charge in [0.15, 0.2) is 0 Å². The third-order valence-corrected chi connectivity index (χ3v) is 5.50. The first kappa shape index (κ1) is 15.2. The van der Waals surface area contributed by atoms with Crippen molar-refractivity contribution in [3.63, 3.8) is 0 Å². The minimum atomic E-state index is 0.577. The smallest absolute Gasteiger partial charge is 0.000718 e. The molecule has 0 radical (unpaired) electrons. The van der Waals surface area contributed by atoms with Crippen LogP contribution in [0.4, 0.5) is 0 Å². The van der Waals surface area contributed by atoms with Gasteiger partial charge in [0.2, 0.25) is 0 Å². The normalized spacial score (nSPS) is 12.4. The van der Waals surface area contributed by atoms with Crippen LogP contribution in [0.2, 0.25) is 0 Å². The van der Waals surface area contributed by atoms with E-state index in [0.717, 1.165) is 6.42 Å². The zero-order chi connectivity index (χ0) is 16.8. The lowest BCUT2D eigenvalue weighted by atomic mass is 9.88. The summed E-state index contributed by atoms with van der Waals surface area (Å²) in [6.45, 7) is 9.01. The fourth-order valence-corrected chi connectivity index (χ4v) is 3.95. The van der Waals surface area contributed by atoms with Gasteiger partial charge < -0.3 is 0 Å². The zero-order valence-corrected chi connectivity index (χ0v) is 15.0. The molecule has 0 heterocycles. The zero-order valence-electron chi connectivity index (χ0n) is 15.0. The number of benzene rings is 3. The molecule has 120 valence electrons. The molecule has 0 amide bonds. The first-order valence-electron chi connectivity index (χ1n) is 8.88. The second-order valence-electron chi connectivity index (χ2n) is 7.33. The van der Waals surface area contributed by atoms with Crippen LogP contribution >= 0.6 is 0 Å². The van der Waals surface area contributed by atoms with Crippen molar-refractivity contribution in [3.8, 4) is 22.3 Å². The van der Waals surface area contributed by atoms with Crippen molar-refractivity contribution < 1.29 is 0 Å². The Balaban J connectivity index is 1.92. The summed E-state index contributed by atoms with van der Waals surface area (Å²) in [5, 5.41) is 0. The highest BCUT2D eigenvalue weighted by molar-refractivity contribution is 5.87. The van der Waals surface area contributed by atoms with Gasteiger partial charge in [-0.25, -0.2) is 0 Å². The molecule has 0 saturated carbocycles. The predicted octanol–water partition coefficient (Wildman–Crippen LogP) is 6.67. The summed E-state index contributed by atoms with van der Waals surface area (Å²) in [7, 11) is 0. The maximum Gasteiger partial charge on any atom is -0.000718 e. The third-order valence-electron chi connectivity index (χ3n) is 5.50. The summed E-state index contributed by atoms with van der Waals surface area (Å²) in [5.74, 6) is 0.577. The number of fused-ring (bicyclic) bond motifs is 3. The van der Waals surface area contributed by atoms with Crippen molar-refractivity contribution in [2.24, 2.45) is 0 Å². The summed E-state index contributed by atoms with van der Waals surface area (Å²) >= 11 is 0. The molecule has 0 aromatic heterocycles. The predicted molar refractivity (Wildman–Crippen MR) is 104 cm³/mol. The van der Waals surface area contributed by atoms with Gasteiger partial charge in [-0.15, -0.1) is 0 Å². The molecule has 0 aliphatic heterocycles. The molecule has 3 aromatic rings. The van der Waals surface area contributed by atoms with E-state index in [-0.39, 0.29) is 0 Å². The Kier molecular flexibility index (Phi) is 3.57. The maximum absolute atomic E-state index is 2.38. The number of hydrogen-bond acceptors (Lipinski definition) is 0. The van der Waals surface area contributed by atoms with Crippen LogP contribution in [-0.4, -0.2) is 0 Å². The molecule has 0 saturated heterocycles. The molecule has 0 unspecified atom stereocenters. The monoisotopic (exact) mass is 312 g/mol. The van der Waals surface area contributed by atoms with Gasteiger partial charge in [0.25, 0.3) is 0 Å².